The molecule has 0 fully saturated rings. The summed E-state index contributed by atoms with van der Waals surface area (Å²) in [7, 11) is -2.32. The second kappa shape index (κ2) is 14.5. The molecular weight excluding hydrogens is 608 g/mol. The summed E-state index contributed by atoms with van der Waals surface area (Å²) in [5.74, 6) is -0.445. The highest BCUT2D eigenvalue weighted by molar-refractivity contribution is 7.91. The van der Waals surface area contributed by atoms with E-state index in [1.165, 1.54) is 7.11 Å². The Hall–Kier alpha value is -4.56. The van der Waals surface area contributed by atoms with Gasteiger partial charge in [-0.1, -0.05) is 89.5 Å². The first-order valence-corrected chi connectivity index (χ1v) is 16.7. The second-order valence-electron chi connectivity index (χ2n) is 10.7. The summed E-state index contributed by atoms with van der Waals surface area (Å²) in [4.78, 5) is 14.7. The summed E-state index contributed by atoms with van der Waals surface area (Å²) < 4.78 is 34.2. The van der Waals surface area contributed by atoms with Gasteiger partial charge in [-0.3, -0.25) is 4.79 Å². The Morgan fingerprint density at radius 3 is 2.16 bits per heavy atom. The van der Waals surface area contributed by atoms with E-state index >= 15 is 0 Å². The van der Waals surface area contributed by atoms with Gasteiger partial charge in [-0.15, -0.1) is 0 Å². The van der Waals surface area contributed by atoms with Crippen LogP contribution in [-0.2, 0) is 38.6 Å². The van der Waals surface area contributed by atoms with Gasteiger partial charge in [0.15, 0.2) is 9.84 Å². The molecule has 0 atom stereocenters. The molecule has 5 rings (SSSR count). The Morgan fingerprint density at radius 1 is 0.911 bits per heavy atom. The third kappa shape index (κ3) is 7.40. The molecule has 45 heavy (non-hydrogen) atoms. The number of fused-ring (bicyclic) bond motifs is 1. The van der Waals surface area contributed by atoms with Crippen molar-refractivity contribution in [2.75, 3.05) is 19.4 Å². The first-order chi connectivity index (χ1) is 21.8. The van der Waals surface area contributed by atoms with Crippen LogP contribution >= 0.6 is 11.6 Å². The lowest BCUT2D eigenvalue weighted by Crippen LogP contribution is -2.17. The quantitative estimate of drug-likeness (QED) is 0.0563. The maximum Gasteiger partial charge on any atom is 0.305 e. The molecule has 0 unspecified atom stereocenters. The van der Waals surface area contributed by atoms with Crippen LogP contribution in [0.5, 0.6) is 0 Å². The van der Waals surface area contributed by atoms with Crippen LogP contribution in [-0.4, -0.2) is 38.4 Å². The summed E-state index contributed by atoms with van der Waals surface area (Å²) in [5, 5.41) is 5.24. The smallest absolute Gasteiger partial charge is 0.305 e. The topological polar surface area (TPSA) is 114 Å². The molecule has 0 aliphatic heterocycles. The number of nitrogens with zero attached hydrogens (tertiary/aromatic N) is 4. The van der Waals surface area contributed by atoms with E-state index in [2.05, 4.69) is 38.9 Å². The minimum atomic E-state index is -3.66. The monoisotopic (exact) mass is 640 g/mol. The predicted molar refractivity (Wildman–Crippen MR) is 177 cm³/mol. The van der Waals surface area contributed by atoms with Crippen LogP contribution in [0.2, 0.25) is 5.02 Å². The van der Waals surface area contributed by atoms with Crippen LogP contribution in [0.15, 0.2) is 113 Å². The Morgan fingerprint density at radius 2 is 1.56 bits per heavy atom. The zero-order chi connectivity index (χ0) is 31.8. The minimum Gasteiger partial charge on any atom is -0.469 e. The molecule has 0 aliphatic rings. The molecule has 0 aliphatic carbocycles. The SMILES string of the molecule is COC(=O)CCc1ccc(S(=O)(=O)CCc2c(CCN=[N+]=[N-])n(C(c3ccccc3)c3ccccc3)c3ccc(Cl)cc23)cc1. The summed E-state index contributed by atoms with van der Waals surface area (Å²) in [5.41, 5.74) is 14.7. The van der Waals surface area contributed by atoms with Crippen molar-refractivity contribution < 1.29 is 17.9 Å². The summed E-state index contributed by atoms with van der Waals surface area (Å²) in [6.45, 7) is 0.212. The first kappa shape index (κ1) is 31.9. The van der Waals surface area contributed by atoms with Gasteiger partial charge in [-0.05, 0) is 77.4 Å². The lowest BCUT2D eigenvalue weighted by molar-refractivity contribution is -0.140. The fraction of sp³-hybridized carbons (Fsp3) is 0.229. The molecule has 0 amide bonds. The van der Waals surface area contributed by atoms with E-state index in [-0.39, 0.29) is 42.0 Å². The van der Waals surface area contributed by atoms with Gasteiger partial charge in [-0.2, -0.15) is 0 Å². The van der Waals surface area contributed by atoms with Crippen LogP contribution in [0.3, 0.4) is 0 Å². The van der Waals surface area contributed by atoms with E-state index in [0.717, 1.165) is 38.9 Å². The summed E-state index contributed by atoms with van der Waals surface area (Å²) >= 11 is 6.52. The predicted octanol–water partition coefficient (Wildman–Crippen LogP) is 7.91. The van der Waals surface area contributed by atoms with Crippen molar-refractivity contribution in [2.45, 2.75) is 36.6 Å². The molecule has 0 saturated carbocycles. The van der Waals surface area contributed by atoms with Crippen LogP contribution in [0.25, 0.3) is 21.3 Å². The van der Waals surface area contributed by atoms with Crippen molar-refractivity contribution in [3.63, 3.8) is 0 Å². The fourth-order valence-electron chi connectivity index (χ4n) is 5.78. The number of methoxy groups -OCH3 is 1. The van der Waals surface area contributed by atoms with Gasteiger partial charge in [0, 0.05) is 39.5 Å². The molecule has 0 bridgehead atoms. The molecule has 0 saturated heterocycles. The number of carbonyl (C=O) groups is 1. The van der Waals surface area contributed by atoms with Gasteiger partial charge >= 0.3 is 5.97 Å². The molecule has 1 aromatic heterocycles. The molecular formula is C35H33ClN4O4S. The normalized spacial score (nSPS) is 11.4. The number of hydrogen-bond donors (Lipinski definition) is 0. The second-order valence-corrected chi connectivity index (χ2v) is 13.2. The van der Waals surface area contributed by atoms with E-state index in [0.29, 0.717) is 17.9 Å². The number of aromatic nitrogens is 1. The molecule has 0 radical (unpaired) electrons. The van der Waals surface area contributed by atoms with Crippen LogP contribution in [0.4, 0.5) is 0 Å². The van der Waals surface area contributed by atoms with Crippen molar-refractivity contribution in [1.82, 2.24) is 4.57 Å². The number of carbonyl (C=O) groups excluding carboxylic acids is 1. The molecule has 0 spiro atoms. The molecule has 4 aromatic carbocycles. The number of esters is 1. The number of hydrogen-bond acceptors (Lipinski definition) is 5. The number of halogens is 1. The number of rotatable bonds is 13. The molecule has 8 nitrogen and oxygen atoms in total. The average molecular weight is 641 g/mol. The Bertz CT molecular complexity index is 1900. The zero-order valence-corrected chi connectivity index (χ0v) is 26.4. The highest BCUT2D eigenvalue weighted by atomic mass is 35.5. The van der Waals surface area contributed by atoms with E-state index in [4.69, 9.17) is 21.9 Å². The number of sulfone groups is 1. The number of ether oxygens (including phenoxy) is 1. The van der Waals surface area contributed by atoms with Gasteiger partial charge in [-0.25, -0.2) is 8.42 Å². The maximum absolute atomic E-state index is 13.6. The zero-order valence-electron chi connectivity index (χ0n) is 24.8. The molecule has 0 N–H and O–H groups in total. The van der Waals surface area contributed by atoms with E-state index in [1.54, 1.807) is 24.3 Å². The van der Waals surface area contributed by atoms with Gasteiger partial charge in [0.05, 0.1) is 23.8 Å². The Kier molecular flexibility index (Phi) is 10.2. The third-order valence-electron chi connectivity index (χ3n) is 7.93. The molecule has 1 heterocycles. The van der Waals surface area contributed by atoms with Gasteiger partial charge in [0.2, 0.25) is 0 Å². The first-order valence-electron chi connectivity index (χ1n) is 14.6. The highest BCUT2D eigenvalue weighted by Crippen LogP contribution is 2.38. The van der Waals surface area contributed by atoms with E-state index in [1.807, 2.05) is 54.6 Å². The maximum atomic E-state index is 13.6. The van der Waals surface area contributed by atoms with Crippen molar-refractivity contribution in [3.05, 3.63) is 147 Å². The summed E-state index contributed by atoms with van der Waals surface area (Å²) in [6.07, 6.45) is 1.33. The van der Waals surface area contributed by atoms with Crippen LogP contribution < -0.4 is 0 Å². The highest BCUT2D eigenvalue weighted by Gasteiger charge is 2.26. The lowest BCUT2D eigenvalue weighted by Gasteiger charge is -2.25. The fourth-order valence-corrected chi connectivity index (χ4v) is 7.21. The van der Waals surface area contributed by atoms with Crippen molar-refractivity contribution >= 4 is 38.3 Å². The number of benzene rings is 4. The van der Waals surface area contributed by atoms with Crippen LogP contribution in [0, 0.1) is 0 Å². The van der Waals surface area contributed by atoms with E-state index < -0.39 is 9.84 Å². The summed E-state index contributed by atoms with van der Waals surface area (Å²) in [6, 6.07) is 32.4. The molecule has 10 heteroatoms. The van der Waals surface area contributed by atoms with Gasteiger partial charge < -0.3 is 9.30 Å². The van der Waals surface area contributed by atoms with E-state index in [9.17, 15) is 13.2 Å². The Labute approximate surface area is 267 Å². The molecule has 230 valence electrons. The number of azide groups is 1. The molecule has 5 aromatic rings. The average Bonchev–Trinajstić information content (AvgIpc) is 3.35. The largest absolute Gasteiger partial charge is 0.469 e. The lowest BCUT2D eigenvalue weighted by atomic mass is 9.97. The standard InChI is InChI=1S/C35H33ClN4O4S/c1-44-34(41)19-14-25-12-16-29(17-13-25)45(42,43)23-21-30-31-24-28(36)15-18-32(31)40(33(30)20-22-38-39-37)35(26-8-4-2-5-9-26)27-10-6-3-7-11-27/h2-13,15-18,24,35H,14,19-23H2,1H3. The Balaban J connectivity index is 1.58. The van der Waals surface area contributed by atoms with Crippen molar-refractivity contribution in [2.24, 2.45) is 5.11 Å². The van der Waals surface area contributed by atoms with Crippen molar-refractivity contribution in [1.29, 1.82) is 0 Å². The third-order valence-corrected chi connectivity index (χ3v) is 9.90. The van der Waals surface area contributed by atoms with Crippen molar-refractivity contribution in [3.8, 4) is 0 Å². The minimum absolute atomic E-state index is 0.129. The number of aryl methyl sites for hydroxylation is 2. The van der Waals surface area contributed by atoms with Gasteiger partial charge in [0.1, 0.15) is 0 Å². The van der Waals surface area contributed by atoms with Gasteiger partial charge in [0.25, 0.3) is 0 Å². The van der Waals surface area contributed by atoms with Crippen LogP contribution in [0.1, 0.15) is 40.4 Å².